The molecule has 2 rings (SSSR count). The fraction of sp³-hybridized carbons (Fsp3) is 0.750. The van der Waals surface area contributed by atoms with E-state index in [0.717, 1.165) is 13.0 Å². The number of likely N-dealkylation sites (tertiary alicyclic amines) is 1. The SMILES string of the molecule is O=C(N1CCC(CO)C1)N1CSC=N1. The van der Waals surface area contributed by atoms with Gasteiger partial charge in [0, 0.05) is 25.6 Å². The molecule has 0 radical (unpaired) electrons. The number of hydrogen-bond donors (Lipinski definition) is 1. The number of rotatable bonds is 1. The molecule has 0 aliphatic carbocycles. The maximum atomic E-state index is 11.8. The lowest BCUT2D eigenvalue weighted by Gasteiger charge is -2.20. The predicted octanol–water partition coefficient (Wildman–Crippen LogP) is 0.370. The number of carbonyl (C=O) groups excluding carboxylic acids is 1. The van der Waals surface area contributed by atoms with Crippen LogP contribution in [0.2, 0.25) is 0 Å². The van der Waals surface area contributed by atoms with E-state index in [2.05, 4.69) is 5.10 Å². The Morgan fingerprint density at radius 2 is 2.57 bits per heavy atom. The molecular weight excluding hydrogens is 202 g/mol. The van der Waals surface area contributed by atoms with Crippen molar-refractivity contribution in [1.82, 2.24) is 9.91 Å². The molecule has 0 saturated carbocycles. The van der Waals surface area contributed by atoms with Gasteiger partial charge in [-0.1, -0.05) is 11.8 Å². The molecule has 2 heterocycles. The summed E-state index contributed by atoms with van der Waals surface area (Å²) in [7, 11) is 0. The lowest BCUT2D eigenvalue weighted by molar-refractivity contribution is 0.168. The molecule has 0 bridgehead atoms. The molecule has 14 heavy (non-hydrogen) atoms. The van der Waals surface area contributed by atoms with Crippen molar-refractivity contribution in [2.24, 2.45) is 11.0 Å². The number of amides is 2. The minimum Gasteiger partial charge on any atom is -0.396 e. The number of urea groups is 1. The zero-order chi connectivity index (χ0) is 9.97. The molecule has 1 atom stereocenters. The number of aliphatic hydroxyl groups is 1. The second-order valence-corrected chi connectivity index (χ2v) is 4.28. The number of thioether (sulfide) groups is 1. The molecule has 0 aromatic carbocycles. The standard InChI is InChI=1S/C8H13N3O2S/c12-4-7-1-2-10(3-7)8(13)11-6-14-5-9-11/h5,7,12H,1-4,6H2. The predicted molar refractivity (Wildman–Crippen MR) is 55.0 cm³/mol. The maximum Gasteiger partial charge on any atom is 0.341 e. The van der Waals surface area contributed by atoms with E-state index in [0.29, 0.717) is 12.4 Å². The smallest absolute Gasteiger partial charge is 0.341 e. The zero-order valence-electron chi connectivity index (χ0n) is 7.80. The number of aliphatic hydroxyl groups excluding tert-OH is 1. The van der Waals surface area contributed by atoms with Crippen LogP contribution >= 0.6 is 11.8 Å². The third-order valence-electron chi connectivity index (χ3n) is 2.49. The van der Waals surface area contributed by atoms with Crippen LogP contribution < -0.4 is 0 Å². The largest absolute Gasteiger partial charge is 0.396 e. The first-order chi connectivity index (χ1) is 6.81. The van der Waals surface area contributed by atoms with Crippen molar-refractivity contribution in [3.63, 3.8) is 0 Å². The van der Waals surface area contributed by atoms with Crippen LogP contribution in [0.5, 0.6) is 0 Å². The summed E-state index contributed by atoms with van der Waals surface area (Å²) >= 11 is 1.51. The Kier molecular flexibility index (Phi) is 2.93. The minimum absolute atomic E-state index is 0.0396. The molecule has 6 heteroatoms. The number of hydrazone groups is 1. The summed E-state index contributed by atoms with van der Waals surface area (Å²) in [6.07, 6.45) is 0.896. The fourth-order valence-corrected chi connectivity index (χ4v) is 2.22. The molecule has 1 saturated heterocycles. The normalized spacial score (nSPS) is 26.2. The van der Waals surface area contributed by atoms with Gasteiger partial charge in [-0.3, -0.25) is 0 Å². The first kappa shape index (κ1) is 9.79. The lowest BCUT2D eigenvalue weighted by atomic mass is 10.1. The van der Waals surface area contributed by atoms with Crippen LogP contribution in [0.25, 0.3) is 0 Å². The van der Waals surface area contributed by atoms with E-state index < -0.39 is 0 Å². The van der Waals surface area contributed by atoms with E-state index in [4.69, 9.17) is 5.11 Å². The van der Waals surface area contributed by atoms with Crippen LogP contribution in [-0.4, -0.2) is 52.2 Å². The van der Waals surface area contributed by atoms with Crippen molar-refractivity contribution >= 4 is 23.3 Å². The summed E-state index contributed by atoms with van der Waals surface area (Å²) in [6.45, 7) is 1.56. The summed E-state index contributed by atoms with van der Waals surface area (Å²) in [4.78, 5) is 13.5. The summed E-state index contributed by atoms with van der Waals surface area (Å²) in [6, 6.07) is -0.0396. The molecule has 1 fully saturated rings. The van der Waals surface area contributed by atoms with Crippen LogP contribution in [0.15, 0.2) is 5.10 Å². The minimum atomic E-state index is -0.0396. The Labute approximate surface area is 86.7 Å². The highest BCUT2D eigenvalue weighted by atomic mass is 32.2. The average Bonchev–Trinajstić information content (AvgIpc) is 2.88. The van der Waals surface area contributed by atoms with Crippen LogP contribution in [0.4, 0.5) is 4.79 Å². The zero-order valence-corrected chi connectivity index (χ0v) is 8.61. The second-order valence-electron chi connectivity index (χ2n) is 3.48. The van der Waals surface area contributed by atoms with Crippen molar-refractivity contribution in [2.75, 3.05) is 25.6 Å². The van der Waals surface area contributed by atoms with Gasteiger partial charge in [0.15, 0.2) is 0 Å². The van der Waals surface area contributed by atoms with Gasteiger partial charge in [-0.2, -0.15) is 5.10 Å². The Bertz CT molecular complexity index is 259. The van der Waals surface area contributed by atoms with Gasteiger partial charge in [0.05, 0.1) is 11.4 Å². The Morgan fingerprint density at radius 3 is 3.14 bits per heavy atom. The molecule has 2 aliphatic rings. The van der Waals surface area contributed by atoms with Crippen molar-refractivity contribution in [2.45, 2.75) is 6.42 Å². The van der Waals surface area contributed by atoms with E-state index in [9.17, 15) is 4.79 Å². The Balaban J connectivity index is 1.89. The van der Waals surface area contributed by atoms with E-state index in [1.807, 2.05) is 0 Å². The van der Waals surface area contributed by atoms with Crippen LogP contribution in [0.1, 0.15) is 6.42 Å². The summed E-state index contributed by atoms with van der Waals surface area (Å²) < 4.78 is 0. The highest BCUT2D eigenvalue weighted by molar-refractivity contribution is 8.12. The van der Waals surface area contributed by atoms with E-state index in [1.54, 1.807) is 10.4 Å². The molecular formula is C8H13N3O2S. The van der Waals surface area contributed by atoms with Gasteiger partial charge in [0.25, 0.3) is 0 Å². The number of nitrogens with zero attached hydrogens (tertiary/aromatic N) is 3. The van der Waals surface area contributed by atoms with Gasteiger partial charge in [0.2, 0.25) is 0 Å². The average molecular weight is 215 g/mol. The van der Waals surface area contributed by atoms with Crippen molar-refractivity contribution in [3.05, 3.63) is 0 Å². The highest BCUT2D eigenvalue weighted by Crippen LogP contribution is 2.19. The van der Waals surface area contributed by atoms with Gasteiger partial charge in [-0.15, -0.1) is 0 Å². The first-order valence-corrected chi connectivity index (χ1v) is 5.67. The van der Waals surface area contributed by atoms with Gasteiger partial charge in [0.1, 0.15) is 0 Å². The van der Waals surface area contributed by atoms with E-state index in [1.165, 1.54) is 16.8 Å². The fourth-order valence-electron chi connectivity index (χ4n) is 1.65. The number of hydrogen-bond acceptors (Lipinski definition) is 4. The summed E-state index contributed by atoms with van der Waals surface area (Å²) in [5, 5.41) is 14.4. The van der Waals surface area contributed by atoms with Crippen LogP contribution in [0, 0.1) is 5.92 Å². The third-order valence-corrected chi connectivity index (χ3v) is 3.13. The second kappa shape index (κ2) is 4.18. The molecule has 5 nitrogen and oxygen atoms in total. The van der Waals surface area contributed by atoms with Gasteiger partial charge < -0.3 is 10.0 Å². The van der Waals surface area contributed by atoms with Crippen molar-refractivity contribution in [1.29, 1.82) is 0 Å². The van der Waals surface area contributed by atoms with Gasteiger partial charge in [-0.25, -0.2) is 9.80 Å². The van der Waals surface area contributed by atoms with Gasteiger partial charge in [-0.05, 0) is 6.42 Å². The van der Waals surface area contributed by atoms with Crippen LogP contribution in [0.3, 0.4) is 0 Å². The van der Waals surface area contributed by atoms with Crippen molar-refractivity contribution in [3.8, 4) is 0 Å². The molecule has 1 N–H and O–H groups in total. The molecule has 1 unspecified atom stereocenters. The summed E-state index contributed by atoms with van der Waals surface area (Å²) in [5.41, 5.74) is 1.68. The van der Waals surface area contributed by atoms with E-state index in [-0.39, 0.29) is 18.6 Å². The Hall–Kier alpha value is -0.750. The highest BCUT2D eigenvalue weighted by Gasteiger charge is 2.29. The first-order valence-electron chi connectivity index (χ1n) is 4.62. The monoisotopic (exact) mass is 215 g/mol. The number of carbonyl (C=O) groups is 1. The maximum absolute atomic E-state index is 11.8. The molecule has 2 aliphatic heterocycles. The lowest BCUT2D eigenvalue weighted by Crippen LogP contribution is -2.38. The molecule has 2 amide bonds. The van der Waals surface area contributed by atoms with Gasteiger partial charge >= 0.3 is 6.03 Å². The Morgan fingerprint density at radius 1 is 1.71 bits per heavy atom. The molecule has 0 spiro atoms. The molecule has 0 aromatic rings. The topological polar surface area (TPSA) is 56.1 Å². The van der Waals surface area contributed by atoms with Crippen molar-refractivity contribution < 1.29 is 9.90 Å². The quantitative estimate of drug-likeness (QED) is 0.687. The summed E-state index contributed by atoms with van der Waals surface area (Å²) in [5.74, 6) is 0.859. The molecule has 78 valence electrons. The van der Waals surface area contributed by atoms with Crippen LogP contribution in [-0.2, 0) is 0 Å². The van der Waals surface area contributed by atoms with E-state index >= 15 is 0 Å². The third kappa shape index (κ3) is 1.85. The molecule has 0 aromatic heterocycles.